The number of piperidine rings is 1. The average Bonchev–Trinajstić information content (AvgIpc) is 3.41. The van der Waals surface area contributed by atoms with Crippen LogP contribution in [0.2, 0.25) is 0 Å². The number of rotatable bonds is 5. The van der Waals surface area contributed by atoms with Crippen LogP contribution in [0.3, 0.4) is 0 Å². The molecule has 32 heavy (non-hydrogen) atoms. The monoisotopic (exact) mass is 447 g/mol. The molecule has 0 saturated carbocycles. The zero-order valence-corrected chi connectivity index (χ0v) is 18.8. The maximum atomic E-state index is 13.5. The Kier molecular flexibility index (Phi) is 6.80. The second-order valence-electron chi connectivity index (χ2n) is 8.44. The van der Waals surface area contributed by atoms with Gasteiger partial charge in [0.1, 0.15) is 5.54 Å². The molecule has 174 valence electrons. The van der Waals surface area contributed by atoms with E-state index in [1.165, 1.54) is 4.90 Å². The SMILES string of the molecule is Cc1nc(N2CCC3(CC2)C(=O)N(Cc2cnn(C)c2)C(=O)N3CC(C)C)no1.O=CO. The molecule has 4 rings (SSSR count). The van der Waals surface area contributed by atoms with Crippen LogP contribution in [0.4, 0.5) is 10.7 Å². The average molecular weight is 447 g/mol. The van der Waals surface area contributed by atoms with Gasteiger partial charge in [-0.25, -0.2) is 4.79 Å². The molecule has 2 aromatic rings. The molecule has 0 aromatic carbocycles. The van der Waals surface area contributed by atoms with Crippen LogP contribution < -0.4 is 4.90 Å². The van der Waals surface area contributed by atoms with Crippen molar-refractivity contribution in [2.75, 3.05) is 24.5 Å². The maximum Gasteiger partial charge on any atom is 0.328 e. The van der Waals surface area contributed by atoms with Crippen LogP contribution in [-0.4, -0.2) is 78.4 Å². The molecule has 1 N–H and O–H groups in total. The Morgan fingerprint density at radius 2 is 1.94 bits per heavy atom. The van der Waals surface area contributed by atoms with E-state index in [1.54, 1.807) is 22.7 Å². The molecule has 12 heteroatoms. The molecule has 0 aliphatic carbocycles. The van der Waals surface area contributed by atoms with Crippen molar-refractivity contribution in [3.05, 3.63) is 23.8 Å². The highest BCUT2D eigenvalue weighted by atomic mass is 16.5. The first kappa shape index (κ1) is 23.2. The number of carbonyl (C=O) groups is 3. The summed E-state index contributed by atoms with van der Waals surface area (Å²) in [4.78, 5) is 44.6. The third-order valence-electron chi connectivity index (χ3n) is 5.66. The third-order valence-corrected chi connectivity index (χ3v) is 5.66. The van der Waals surface area contributed by atoms with Gasteiger partial charge in [0.05, 0.1) is 12.7 Å². The number of carboxylic acid groups (broad SMARTS) is 1. The molecule has 3 amide bonds. The van der Waals surface area contributed by atoms with E-state index in [-0.39, 0.29) is 30.9 Å². The fourth-order valence-corrected chi connectivity index (χ4v) is 4.25. The molecule has 1 spiro atoms. The van der Waals surface area contributed by atoms with Gasteiger partial charge in [-0.3, -0.25) is 19.2 Å². The minimum atomic E-state index is -0.807. The van der Waals surface area contributed by atoms with Gasteiger partial charge < -0.3 is 19.4 Å². The Hall–Kier alpha value is -3.44. The summed E-state index contributed by atoms with van der Waals surface area (Å²) in [6, 6.07) is -0.212. The molecule has 0 bridgehead atoms. The smallest absolute Gasteiger partial charge is 0.328 e. The molecule has 2 fully saturated rings. The summed E-state index contributed by atoms with van der Waals surface area (Å²) in [7, 11) is 1.82. The van der Waals surface area contributed by atoms with Crippen molar-refractivity contribution in [2.45, 2.75) is 45.7 Å². The van der Waals surface area contributed by atoms with Gasteiger partial charge in [-0.1, -0.05) is 13.8 Å². The van der Waals surface area contributed by atoms with Crippen molar-refractivity contribution < 1.29 is 24.0 Å². The van der Waals surface area contributed by atoms with Gasteiger partial charge in [-0.2, -0.15) is 10.1 Å². The molecule has 12 nitrogen and oxygen atoms in total. The lowest BCUT2D eigenvalue weighted by molar-refractivity contribution is -0.134. The molecule has 0 radical (unpaired) electrons. The summed E-state index contributed by atoms with van der Waals surface area (Å²) in [6.45, 7) is 7.60. The Labute approximate surface area is 185 Å². The van der Waals surface area contributed by atoms with Crippen LogP contribution in [-0.2, 0) is 23.2 Å². The minimum Gasteiger partial charge on any atom is -0.483 e. The van der Waals surface area contributed by atoms with E-state index in [0.29, 0.717) is 44.3 Å². The lowest BCUT2D eigenvalue weighted by Crippen LogP contribution is -2.57. The summed E-state index contributed by atoms with van der Waals surface area (Å²) in [5.41, 5.74) is 0.0363. The molecule has 2 aliphatic heterocycles. The Morgan fingerprint density at radius 3 is 2.44 bits per heavy atom. The minimum absolute atomic E-state index is 0.115. The van der Waals surface area contributed by atoms with Gasteiger partial charge in [0.25, 0.3) is 18.3 Å². The van der Waals surface area contributed by atoms with Crippen LogP contribution in [0.15, 0.2) is 16.9 Å². The Balaban J connectivity index is 0.000000913. The van der Waals surface area contributed by atoms with E-state index >= 15 is 0 Å². The van der Waals surface area contributed by atoms with E-state index in [9.17, 15) is 9.59 Å². The van der Waals surface area contributed by atoms with Crippen LogP contribution in [0, 0.1) is 12.8 Å². The van der Waals surface area contributed by atoms with Gasteiger partial charge in [0.15, 0.2) is 0 Å². The number of carbonyl (C=O) groups excluding carboxylic acids is 2. The van der Waals surface area contributed by atoms with Gasteiger partial charge in [-0.05, 0) is 23.9 Å². The van der Waals surface area contributed by atoms with Crippen LogP contribution in [0.25, 0.3) is 0 Å². The lowest BCUT2D eigenvalue weighted by atomic mass is 9.85. The highest BCUT2D eigenvalue weighted by Crippen LogP contribution is 2.39. The largest absolute Gasteiger partial charge is 0.483 e. The summed E-state index contributed by atoms with van der Waals surface area (Å²) in [5, 5.41) is 15.0. The van der Waals surface area contributed by atoms with E-state index < -0.39 is 5.54 Å². The second kappa shape index (κ2) is 9.37. The van der Waals surface area contributed by atoms with Crippen molar-refractivity contribution in [1.29, 1.82) is 0 Å². The van der Waals surface area contributed by atoms with Crippen molar-refractivity contribution in [3.8, 4) is 0 Å². The van der Waals surface area contributed by atoms with E-state index in [2.05, 4.69) is 29.1 Å². The first-order chi connectivity index (χ1) is 15.2. The number of amides is 3. The molecule has 2 saturated heterocycles. The number of aromatic nitrogens is 4. The van der Waals surface area contributed by atoms with Crippen LogP contribution in [0.5, 0.6) is 0 Å². The molecule has 0 unspecified atom stereocenters. The van der Waals surface area contributed by atoms with Crippen molar-refractivity contribution in [3.63, 3.8) is 0 Å². The number of urea groups is 1. The summed E-state index contributed by atoms with van der Waals surface area (Å²) >= 11 is 0. The lowest BCUT2D eigenvalue weighted by Gasteiger charge is -2.42. The fourth-order valence-electron chi connectivity index (χ4n) is 4.25. The Bertz CT molecular complexity index is 961. The number of imide groups is 1. The zero-order chi connectivity index (χ0) is 23.5. The van der Waals surface area contributed by atoms with Gasteiger partial charge in [-0.15, -0.1) is 0 Å². The highest BCUT2D eigenvalue weighted by molar-refractivity contribution is 6.07. The molecular weight excluding hydrogens is 418 g/mol. The predicted octanol–water partition coefficient (Wildman–Crippen LogP) is 1.27. The first-order valence-corrected chi connectivity index (χ1v) is 10.5. The third kappa shape index (κ3) is 4.43. The number of hydrogen-bond donors (Lipinski definition) is 1. The number of aryl methyl sites for hydroxylation is 2. The summed E-state index contributed by atoms with van der Waals surface area (Å²) < 4.78 is 6.76. The van der Waals surface area contributed by atoms with Gasteiger partial charge >= 0.3 is 6.03 Å². The van der Waals surface area contributed by atoms with E-state index in [0.717, 1.165) is 5.56 Å². The zero-order valence-electron chi connectivity index (χ0n) is 18.8. The quantitative estimate of drug-likeness (QED) is 0.530. The number of nitrogens with zero attached hydrogens (tertiary/aromatic N) is 7. The van der Waals surface area contributed by atoms with Crippen molar-refractivity contribution in [2.24, 2.45) is 13.0 Å². The highest BCUT2D eigenvalue weighted by Gasteiger charge is 2.58. The predicted molar refractivity (Wildman–Crippen MR) is 113 cm³/mol. The molecule has 2 aromatic heterocycles. The summed E-state index contributed by atoms with van der Waals surface area (Å²) in [6.07, 6.45) is 4.61. The Morgan fingerprint density at radius 1 is 1.28 bits per heavy atom. The number of hydrogen-bond acceptors (Lipinski definition) is 8. The standard InChI is InChI=1S/C19H27N7O3.CH2O2/c1-13(2)10-26-18(28)25(12-15-9-20-23(4)11-15)16(27)19(26)5-7-24(8-6-19)17-21-14(3)29-22-17;2-1-3/h9,11,13H,5-8,10,12H2,1-4H3;1H,(H,2,3). The number of anilines is 1. The van der Waals surface area contributed by atoms with E-state index in [4.69, 9.17) is 14.4 Å². The normalized spacial score (nSPS) is 17.8. The maximum absolute atomic E-state index is 13.5. The molecule has 2 aliphatic rings. The molecule has 0 atom stereocenters. The topological polar surface area (TPSA) is 138 Å². The van der Waals surface area contributed by atoms with Crippen LogP contribution in [0.1, 0.15) is 38.1 Å². The van der Waals surface area contributed by atoms with Gasteiger partial charge in [0.2, 0.25) is 5.89 Å². The summed E-state index contributed by atoms with van der Waals surface area (Å²) in [5.74, 6) is 1.20. The van der Waals surface area contributed by atoms with Crippen LogP contribution >= 0.6 is 0 Å². The molecular formula is C20H29N7O5. The molecule has 4 heterocycles. The first-order valence-electron chi connectivity index (χ1n) is 10.5. The van der Waals surface area contributed by atoms with Crippen molar-refractivity contribution in [1.82, 2.24) is 29.7 Å². The fraction of sp³-hybridized carbons (Fsp3) is 0.600. The second-order valence-corrected chi connectivity index (χ2v) is 8.44. The van der Waals surface area contributed by atoms with Gasteiger partial charge in [0, 0.05) is 45.4 Å². The van der Waals surface area contributed by atoms with E-state index in [1.807, 2.05) is 18.1 Å². The van der Waals surface area contributed by atoms with Crippen molar-refractivity contribution >= 4 is 24.4 Å².